The van der Waals surface area contributed by atoms with Crippen LogP contribution in [0.5, 0.6) is 0 Å². The molecule has 4 heteroatoms. The van der Waals surface area contributed by atoms with Crippen molar-refractivity contribution in [3.8, 4) is 10.4 Å². The minimum Gasteiger partial charge on any atom is -0.399 e. The van der Waals surface area contributed by atoms with Gasteiger partial charge in [-0.2, -0.15) is 0 Å². The number of aryl methyl sites for hydroxylation is 1. The van der Waals surface area contributed by atoms with Crippen molar-refractivity contribution in [1.29, 1.82) is 0 Å². The molecule has 25 heavy (non-hydrogen) atoms. The standard InChI is InChI=1S/C21H19FN2S/c1-3-12-24-20(16-6-10-18(23)11-7-16)21-14(2)13-19(25-21)15-4-8-17(22)9-5-15/h3-13H,23H2,1-2H3/b12-3+,24-20?. The molecule has 2 aromatic carbocycles. The summed E-state index contributed by atoms with van der Waals surface area (Å²) in [6.45, 7) is 4.01. The Bertz CT molecular complexity index is 920. The van der Waals surface area contributed by atoms with E-state index in [9.17, 15) is 4.39 Å². The van der Waals surface area contributed by atoms with Crippen LogP contribution < -0.4 is 5.73 Å². The summed E-state index contributed by atoms with van der Waals surface area (Å²) in [4.78, 5) is 6.83. The molecule has 3 rings (SSSR count). The Balaban J connectivity index is 2.07. The number of rotatable bonds is 4. The van der Waals surface area contributed by atoms with Gasteiger partial charge in [0.1, 0.15) is 5.82 Å². The van der Waals surface area contributed by atoms with E-state index in [0.717, 1.165) is 37.8 Å². The SMILES string of the molecule is C/C=C/N=C(c1ccc(N)cc1)c1sc(-c2ccc(F)cc2)cc1C. The van der Waals surface area contributed by atoms with Crippen LogP contribution in [0.1, 0.15) is 22.9 Å². The smallest absolute Gasteiger partial charge is 0.123 e. The summed E-state index contributed by atoms with van der Waals surface area (Å²) >= 11 is 1.66. The van der Waals surface area contributed by atoms with E-state index in [1.54, 1.807) is 29.7 Å². The number of benzene rings is 2. The molecule has 0 aliphatic rings. The summed E-state index contributed by atoms with van der Waals surface area (Å²) in [7, 11) is 0. The molecule has 0 spiro atoms. The molecule has 0 amide bonds. The average Bonchev–Trinajstić information content (AvgIpc) is 2.99. The maximum Gasteiger partial charge on any atom is 0.123 e. The van der Waals surface area contributed by atoms with E-state index in [-0.39, 0.29) is 5.82 Å². The van der Waals surface area contributed by atoms with E-state index in [2.05, 4.69) is 18.0 Å². The van der Waals surface area contributed by atoms with Crippen molar-refractivity contribution in [1.82, 2.24) is 0 Å². The minimum atomic E-state index is -0.227. The maximum atomic E-state index is 13.2. The molecule has 0 radical (unpaired) electrons. The van der Waals surface area contributed by atoms with Gasteiger partial charge in [0.15, 0.2) is 0 Å². The van der Waals surface area contributed by atoms with Crippen molar-refractivity contribution in [2.24, 2.45) is 4.99 Å². The van der Waals surface area contributed by atoms with Crippen LogP contribution in [0.15, 0.2) is 71.9 Å². The molecule has 126 valence electrons. The molecule has 0 saturated heterocycles. The van der Waals surface area contributed by atoms with Crippen LogP contribution in [0, 0.1) is 12.7 Å². The fourth-order valence-corrected chi connectivity index (χ4v) is 3.72. The number of anilines is 1. The topological polar surface area (TPSA) is 38.4 Å². The second kappa shape index (κ2) is 7.45. The molecule has 0 unspecified atom stereocenters. The van der Waals surface area contributed by atoms with Gasteiger partial charge in [-0.05, 0) is 55.3 Å². The molecule has 3 aromatic rings. The number of allylic oxidation sites excluding steroid dienone is 1. The van der Waals surface area contributed by atoms with Crippen LogP contribution in [0.2, 0.25) is 0 Å². The van der Waals surface area contributed by atoms with E-state index < -0.39 is 0 Å². The Labute approximate surface area is 151 Å². The van der Waals surface area contributed by atoms with Gasteiger partial charge in [-0.1, -0.05) is 30.3 Å². The zero-order valence-corrected chi connectivity index (χ0v) is 15.0. The van der Waals surface area contributed by atoms with Crippen molar-refractivity contribution in [2.45, 2.75) is 13.8 Å². The second-order valence-corrected chi connectivity index (χ2v) is 6.76. The molecule has 1 heterocycles. The maximum absolute atomic E-state index is 13.2. The summed E-state index contributed by atoms with van der Waals surface area (Å²) in [5.74, 6) is -0.227. The number of hydrogen-bond donors (Lipinski definition) is 1. The number of nitrogens with two attached hydrogens (primary N) is 1. The van der Waals surface area contributed by atoms with Gasteiger partial charge in [-0.3, -0.25) is 4.99 Å². The first-order valence-corrected chi connectivity index (χ1v) is 8.81. The predicted octanol–water partition coefficient (Wildman–Crippen LogP) is 5.82. The number of nitrogens with zero attached hydrogens (tertiary/aromatic N) is 1. The quantitative estimate of drug-likeness (QED) is 0.467. The third-order valence-electron chi connectivity index (χ3n) is 3.80. The van der Waals surface area contributed by atoms with Crippen LogP contribution in [-0.4, -0.2) is 5.71 Å². The zero-order valence-electron chi connectivity index (χ0n) is 14.2. The molecule has 0 aliphatic heterocycles. The van der Waals surface area contributed by atoms with Gasteiger partial charge in [0.05, 0.1) is 10.6 Å². The van der Waals surface area contributed by atoms with Gasteiger partial charge in [0, 0.05) is 22.3 Å². The molecule has 0 saturated carbocycles. The van der Waals surface area contributed by atoms with Crippen LogP contribution in [0.3, 0.4) is 0 Å². The van der Waals surface area contributed by atoms with E-state index >= 15 is 0 Å². The van der Waals surface area contributed by atoms with Crippen molar-refractivity contribution >= 4 is 22.7 Å². The lowest BCUT2D eigenvalue weighted by molar-refractivity contribution is 0.628. The first-order chi connectivity index (χ1) is 12.1. The van der Waals surface area contributed by atoms with E-state index in [1.165, 1.54) is 12.1 Å². The summed E-state index contributed by atoms with van der Waals surface area (Å²) in [5, 5.41) is 0. The monoisotopic (exact) mass is 350 g/mol. The van der Waals surface area contributed by atoms with Crippen LogP contribution >= 0.6 is 11.3 Å². The number of nitrogen functional groups attached to an aromatic ring is 1. The molecule has 0 fully saturated rings. The third-order valence-corrected chi connectivity index (χ3v) is 5.09. The predicted molar refractivity (Wildman–Crippen MR) is 106 cm³/mol. The fourth-order valence-electron chi connectivity index (χ4n) is 2.53. The van der Waals surface area contributed by atoms with Gasteiger partial charge in [0.25, 0.3) is 0 Å². The molecule has 1 aromatic heterocycles. The normalized spacial score (nSPS) is 12.0. The van der Waals surface area contributed by atoms with Gasteiger partial charge in [0.2, 0.25) is 0 Å². The van der Waals surface area contributed by atoms with Crippen molar-refractivity contribution < 1.29 is 4.39 Å². The van der Waals surface area contributed by atoms with Gasteiger partial charge in [-0.25, -0.2) is 4.39 Å². The van der Waals surface area contributed by atoms with Gasteiger partial charge >= 0.3 is 0 Å². The highest BCUT2D eigenvalue weighted by Crippen LogP contribution is 2.33. The molecule has 2 N–H and O–H groups in total. The van der Waals surface area contributed by atoms with Gasteiger partial charge < -0.3 is 5.73 Å². The number of hydrogen-bond acceptors (Lipinski definition) is 3. The lowest BCUT2D eigenvalue weighted by Crippen LogP contribution is -2.02. The van der Waals surface area contributed by atoms with Gasteiger partial charge in [-0.15, -0.1) is 11.3 Å². The number of aliphatic imine (C=N–C) groups is 1. The minimum absolute atomic E-state index is 0.227. The van der Waals surface area contributed by atoms with Crippen LogP contribution in [-0.2, 0) is 0 Å². The lowest BCUT2D eigenvalue weighted by Gasteiger charge is -2.06. The lowest BCUT2D eigenvalue weighted by atomic mass is 10.1. The largest absolute Gasteiger partial charge is 0.399 e. The summed E-state index contributed by atoms with van der Waals surface area (Å²) < 4.78 is 13.2. The first-order valence-electron chi connectivity index (χ1n) is 8.00. The highest BCUT2D eigenvalue weighted by Gasteiger charge is 2.14. The van der Waals surface area contributed by atoms with Crippen molar-refractivity contribution in [3.05, 3.63) is 88.7 Å². The van der Waals surface area contributed by atoms with Crippen LogP contribution in [0.4, 0.5) is 10.1 Å². The zero-order chi connectivity index (χ0) is 17.8. The average molecular weight is 350 g/mol. The Morgan fingerprint density at radius 3 is 2.40 bits per heavy atom. The Morgan fingerprint density at radius 2 is 1.76 bits per heavy atom. The van der Waals surface area contributed by atoms with E-state index in [4.69, 9.17) is 5.73 Å². The summed E-state index contributed by atoms with van der Waals surface area (Å²) in [5.41, 5.74) is 10.6. The highest BCUT2D eigenvalue weighted by molar-refractivity contribution is 7.17. The summed E-state index contributed by atoms with van der Waals surface area (Å²) in [6, 6.07) is 16.4. The van der Waals surface area contributed by atoms with E-state index in [1.807, 2.05) is 37.3 Å². The molecular formula is C21H19FN2S. The highest BCUT2D eigenvalue weighted by atomic mass is 32.1. The molecular weight excluding hydrogens is 331 g/mol. The third kappa shape index (κ3) is 3.86. The molecule has 0 atom stereocenters. The first kappa shape index (κ1) is 17.1. The Hall–Kier alpha value is -2.72. The van der Waals surface area contributed by atoms with Crippen LogP contribution in [0.25, 0.3) is 10.4 Å². The van der Waals surface area contributed by atoms with Crippen molar-refractivity contribution in [3.63, 3.8) is 0 Å². The summed E-state index contributed by atoms with van der Waals surface area (Å²) in [6.07, 6.45) is 3.70. The van der Waals surface area contributed by atoms with E-state index in [0.29, 0.717) is 0 Å². The molecule has 0 bridgehead atoms. The number of thiophene rings is 1. The Morgan fingerprint density at radius 1 is 1.08 bits per heavy atom. The second-order valence-electron chi connectivity index (χ2n) is 5.71. The molecule has 0 aliphatic carbocycles. The number of halogens is 1. The van der Waals surface area contributed by atoms with Crippen molar-refractivity contribution in [2.75, 3.05) is 5.73 Å². The molecule has 2 nitrogen and oxygen atoms in total. The Kier molecular flexibility index (Phi) is 5.10. The fraction of sp³-hybridized carbons (Fsp3) is 0.0952.